The Morgan fingerprint density at radius 2 is 1.27 bits per heavy atom. The van der Waals surface area contributed by atoms with E-state index in [1.165, 1.54) is 5.56 Å². The third-order valence-corrected chi connectivity index (χ3v) is 13.3. The van der Waals surface area contributed by atoms with Crippen molar-refractivity contribution in [3.63, 3.8) is 0 Å². The van der Waals surface area contributed by atoms with E-state index in [9.17, 15) is 0 Å². The molecule has 340 valence electrons. The van der Waals surface area contributed by atoms with Gasteiger partial charge >= 0.3 is 0 Å². The molecule has 3 aromatic heterocycles. The van der Waals surface area contributed by atoms with E-state index in [1.54, 1.807) is 6.07 Å². The van der Waals surface area contributed by atoms with E-state index in [0.29, 0.717) is 27.9 Å². The molecule has 10 bridgehead atoms. The topological polar surface area (TPSA) is 40.3 Å². The van der Waals surface area contributed by atoms with Crippen molar-refractivity contribution >= 4 is 82.1 Å². The van der Waals surface area contributed by atoms with Crippen molar-refractivity contribution in [1.82, 2.24) is 18.5 Å². The van der Waals surface area contributed by atoms with E-state index in [-0.39, 0.29) is 56.2 Å². The van der Waals surface area contributed by atoms with E-state index < -0.39 is 6.04 Å². The van der Waals surface area contributed by atoms with Gasteiger partial charge in [0.05, 0.1) is 12.4 Å². The van der Waals surface area contributed by atoms with Crippen molar-refractivity contribution in [2.45, 2.75) is 26.2 Å². The van der Waals surface area contributed by atoms with Crippen molar-refractivity contribution in [3.05, 3.63) is 236 Å². The Bertz CT molecular complexity index is 4580. The second kappa shape index (κ2) is 17.1. The average Bonchev–Trinajstić information content (AvgIpc) is 3.98. The molecule has 5 nitrogen and oxygen atoms in total. The molecule has 1 aliphatic rings. The summed E-state index contributed by atoms with van der Waals surface area (Å²) in [5, 5.41) is 6.82. The van der Waals surface area contributed by atoms with E-state index >= 15 is 0 Å². The van der Waals surface area contributed by atoms with Crippen LogP contribution < -0.4 is 0 Å². The van der Waals surface area contributed by atoms with Gasteiger partial charge in [0, 0.05) is 49.5 Å². The number of hydrogen-bond acceptors (Lipinski definition) is 2. The fourth-order valence-corrected chi connectivity index (χ4v) is 9.90. The number of nitrogens with zero attached hydrogens (tertiary/aromatic N) is 4. The van der Waals surface area contributed by atoms with Crippen molar-refractivity contribution in [2.24, 2.45) is 0 Å². The Hall–Kier alpha value is -8.11. The minimum Gasteiger partial charge on any atom is -0.510 e. The molecule has 1 aliphatic heterocycles. The average molecular weight is 1090 g/mol. The third-order valence-electron chi connectivity index (χ3n) is 13.3. The largest absolute Gasteiger partial charge is 0.510 e. The molecule has 0 radical (unpaired) electrons. The van der Waals surface area contributed by atoms with Gasteiger partial charge in [0.25, 0.3) is 0 Å². The fraction of sp³-hybridized carbons (Fsp3) is 0.0625. The maximum atomic E-state index is 8.81. The fourth-order valence-electron chi connectivity index (χ4n) is 9.90. The van der Waals surface area contributed by atoms with E-state index in [2.05, 4.69) is 164 Å². The van der Waals surface area contributed by atoms with Crippen LogP contribution in [0.3, 0.4) is 0 Å². The second-order valence-electron chi connectivity index (χ2n) is 18.5. The summed E-state index contributed by atoms with van der Waals surface area (Å²) in [6.45, 7) is 6.82. The Kier molecular flexibility index (Phi) is 9.26. The summed E-state index contributed by atoms with van der Waals surface area (Å²) in [6, 6.07) is 68.0. The van der Waals surface area contributed by atoms with Gasteiger partial charge in [0.1, 0.15) is 5.65 Å². The van der Waals surface area contributed by atoms with Crippen molar-refractivity contribution in [2.75, 3.05) is 0 Å². The Morgan fingerprint density at radius 3 is 2.10 bits per heavy atom. The van der Waals surface area contributed by atoms with Gasteiger partial charge in [-0.25, -0.2) is 4.98 Å². The molecule has 4 heterocycles. The maximum absolute atomic E-state index is 8.81. The number of pyridine rings is 1. The number of para-hydroxylation sites is 2. The Morgan fingerprint density at radius 1 is 0.543 bits per heavy atom. The first-order valence-electron chi connectivity index (χ1n) is 25.6. The van der Waals surface area contributed by atoms with Crippen molar-refractivity contribution in [3.8, 4) is 33.6 Å². The van der Waals surface area contributed by atoms with Gasteiger partial charge in [0.15, 0.2) is 0 Å². The molecule has 0 N–H and O–H groups in total. The van der Waals surface area contributed by atoms with E-state index in [4.69, 9.17) is 16.3 Å². The van der Waals surface area contributed by atoms with Crippen LogP contribution in [0.25, 0.3) is 116 Å². The molecule has 0 amide bonds. The molecule has 13 rings (SSSR count). The first kappa shape index (κ1) is 37.8. The molecule has 0 fully saturated rings. The molecule has 70 heavy (non-hydrogen) atoms. The first-order chi connectivity index (χ1) is 35.9. The zero-order valence-electron chi connectivity index (χ0n) is 43.4. The van der Waals surface area contributed by atoms with Crippen molar-refractivity contribution < 1.29 is 32.3 Å². The molecule has 6 heteroatoms. The van der Waals surface area contributed by atoms with Gasteiger partial charge in [-0.2, -0.15) is 24.3 Å². The van der Waals surface area contributed by atoms with E-state index in [0.717, 1.165) is 82.3 Å². The molecule has 0 saturated carbocycles. The summed E-state index contributed by atoms with van der Waals surface area (Å²) in [5.41, 5.74) is 11.6. The van der Waals surface area contributed by atoms with E-state index in [1.807, 2.05) is 65.1 Å². The summed E-state index contributed by atoms with van der Waals surface area (Å²) >= 11 is 0. The predicted octanol–water partition coefficient (Wildman–Crippen LogP) is 16.8. The monoisotopic (exact) mass is 1090 g/mol. The van der Waals surface area contributed by atoms with Crippen LogP contribution in [-0.2, 0) is 26.5 Å². The van der Waals surface area contributed by atoms with Crippen LogP contribution >= 0.6 is 0 Å². The minimum atomic E-state index is -0.432. The van der Waals surface area contributed by atoms with Crippen LogP contribution in [0.1, 0.15) is 33.2 Å². The SMILES string of the molecule is [2H]c1c([2H])c([2H])c(-c2ccc3c(c2)c2ccc4[c-]c2n3c2cccc(n2)c2cccc(c2)c2ccccc2c2cc(C(C)(C)C)cc(-c3ccccc3)c2n2[cH-]n(c3[c-]c(ccc3)o4)-c3ccccc3-2)c([2H])c1[2H].[Pt]. The van der Waals surface area contributed by atoms with Crippen LogP contribution in [0.5, 0.6) is 0 Å². The smallest absolute Gasteiger partial charge is 0.136 e. The zero-order chi connectivity index (χ0) is 50.6. The van der Waals surface area contributed by atoms with Gasteiger partial charge in [-0.15, -0.1) is 29.1 Å². The second-order valence-corrected chi connectivity index (χ2v) is 18.5. The number of imidazole rings is 1. The Labute approximate surface area is 426 Å². The zero-order valence-corrected chi connectivity index (χ0v) is 40.7. The minimum absolute atomic E-state index is 0. The molecular formula is C64H45N4OPt-3. The molecule has 0 saturated heterocycles. The van der Waals surface area contributed by atoms with Gasteiger partial charge < -0.3 is 18.0 Å². The van der Waals surface area contributed by atoms with Crippen molar-refractivity contribution in [1.29, 1.82) is 0 Å². The van der Waals surface area contributed by atoms with Crippen LogP contribution in [0.4, 0.5) is 0 Å². The van der Waals surface area contributed by atoms with Crippen LogP contribution in [0.2, 0.25) is 0 Å². The number of fused-ring (bicyclic) bond motifs is 23. The normalized spacial score (nSPS) is 12.8. The number of benzene rings is 9. The van der Waals surface area contributed by atoms with Gasteiger partial charge in [0.2, 0.25) is 0 Å². The molecule has 9 aromatic carbocycles. The third kappa shape index (κ3) is 7.37. The van der Waals surface area contributed by atoms with Gasteiger partial charge in [-0.3, -0.25) is 0 Å². The summed E-state index contributed by atoms with van der Waals surface area (Å²) in [7, 11) is 0. The van der Waals surface area contributed by atoms with Gasteiger partial charge in [-0.05, 0) is 101 Å². The molecule has 0 unspecified atom stereocenters. The summed E-state index contributed by atoms with van der Waals surface area (Å²) < 4.78 is 56.0. The molecule has 12 aromatic rings. The number of rotatable bonds is 2. The molecule has 0 aliphatic carbocycles. The predicted molar refractivity (Wildman–Crippen MR) is 287 cm³/mol. The number of aromatic nitrogens is 4. The first-order valence-corrected chi connectivity index (χ1v) is 23.1. The number of hydrogen-bond donors (Lipinski definition) is 0. The molecule has 0 atom stereocenters. The van der Waals surface area contributed by atoms with Crippen LogP contribution in [-0.4, -0.2) is 18.5 Å². The maximum Gasteiger partial charge on any atom is 0.136 e. The van der Waals surface area contributed by atoms with Crippen LogP contribution in [0.15, 0.2) is 223 Å². The Balaban J connectivity index is 0.00000569. The molecule has 0 spiro atoms. The summed E-state index contributed by atoms with van der Waals surface area (Å²) in [6.07, 6.45) is 2.17. The van der Waals surface area contributed by atoms with Crippen LogP contribution in [0, 0.1) is 12.1 Å². The summed E-state index contributed by atoms with van der Waals surface area (Å²) in [4.78, 5) is 5.38. The quantitative estimate of drug-likeness (QED) is 0.162. The van der Waals surface area contributed by atoms with Gasteiger partial charge in [-0.1, -0.05) is 184 Å². The standard InChI is InChI=1S/C64H45N4O.Pt/c1-64(2,3)47-37-54(43-19-8-5-9-20-43)63-56(38-47)52-26-11-10-25-51(52)45-21-14-22-46(35-45)57-27-16-30-62(65-57)68-58-34-31-44(42-17-6-4-7-18-42)36-55(58)53-33-32-50(40-61(53)68)69-49-24-15-23-48(39-49)66-41-67(63)60-29-13-12-28-59(60)66;/h4-38,41H,1-3H3;/q-3;/i4D,6D,7D,17D,18D;. The molecular weight excluding hydrogens is 1040 g/mol. The summed E-state index contributed by atoms with van der Waals surface area (Å²) in [5.74, 6) is 0.